The SMILES string of the molecule is O.O=S(=O)([O-])OO.O=S(=O)([O-])OO.O=S(=O)([O-])OO.[Ga+3]. The van der Waals surface area contributed by atoms with Crippen molar-refractivity contribution in [3.63, 3.8) is 0 Å². The van der Waals surface area contributed by atoms with Crippen molar-refractivity contribution in [2.24, 2.45) is 0 Å². The van der Waals surface area contributed by atoms with Gasteiger partial charge in [-0.2, -0.15) is 0 Å². The fourth-order valence-electron chi connectivity index (χ4n) is 0. The predicted octanol–water partition coefficient (Wildman–Crippen LogP) is -4.40. The number of hydrogen-bond donors (Lipinski definition) is 3. The second kappa shape index (κ2) is 14.0. The van der Waals surface area contributed by atoms with E-state index >= 15 is 0 Å². The Morgan fingerprint density at radius 2 is 0.650 bits per heavy atom. The summed E-state index contributed by atoms with van der Waals surface area (Å²) in [5.74, 6) is 0. The van der Waals surface area contributed by atoms with E-state index in [0.29, 0.717) is 0 Å². The van der Waals surface area contributed by atoms with Crippen molar-refractivity contribution in [3.8, 4) is 0 Å². The Morgan fingerprint density at radius 3 is 0.650 bits per heavy atom. The maximum Gasteiger partial charge on any atom is 3.00 e. The summed E-state index contributed by atoms with van der Waals surface area (Å²) >= 11 is 0. The van der Waals surface area contributed by atoms with Gasteiger partial charge in [-0.25, -0.2) is 41.0 Å². The van der Waals surface area contributed by atoms with Gasteiger partial charge in [-0.05, 0) is 0 Å². The molecule has 0 heterocycles. The van der Waals surface area contributed by atoms with E-state index in [0.717, 1.165) is 0 Å². The smallest absolute Gasteiger partial charge is 0.724 e. The van der Waals surface area contributed by atoms with Crippen molar-refractivity contribution in [2.75, 3.05) is 0 Å². The molecule has 0 amide bonds. The van der Waals surface area contributed by atoms with Gasteiger partial charge in [-0.15, -0.1) is 13.0 Å². The maximum atomic E-state index is 8.97. The van der Waals surface area contributed by atoms with E-state index in [2.05, 4.69) is 13.0 Å². The summed E-state index contributed by atoms with van der Waals surface area (Å²) < 4.78 is 87.8. The molecule has 0 aliphatic heterocycles. The fourth-order valence-corrected chi connectivity index (χ4v) is 0. The van der Waals surface area contributed by atoms with Crippen LogP contribution in [0.25, 0.3) is 0 Å². The topological polar surface area (TPSA) is 291 Å². The molecule has 0 saturated carbocycles. The third-order valence-corrected chi connectivity index (χ3v) is 0.822. The molecule has 0 saturated heterocycles. The summed E-state index contributed by atoms with van der Waals surface area (Å²) in [6.07, 6.45) is 0. The van der Waals surface area contributed by atoms with Gasteiger partial charge < -0.3 is 19.1 Å². The summed E-state index contributed by atoms with van der Waals surface area (Å²) in [5, 5.41) is 21.0. The zero-order valence-corrected chi connectivity index (χ0v) is 13.4. The first kappa shape index (κ1) is 32.1. The Hall–Kier alpha value is 0.0864. The van der Waals surface area contributed by atoms with Crippen LogP contribution in [0.1, 0.15) is 0 Å². The zero-order valence-electron chi connectivity index (χ0n) is 8.54. The molecule has 0 aliphatic rings. The van der Waals surface area contributed by atoms with Gasteiger partial charge in [0.1, 0.15) is 0 Å². The summed E-state index contributed by atoms with van der Waals surface area (Å²) in [6.45, 7) is 0. The first-order valence-electron chi connectivity index (χ1n) is 2.55. The largest absolute Gasteiger partial charge is 3.00 e. The van der Waals surface area contributed by atoms with Crippen LogP contribution >= 0.6 is 0 Å². The van der Waals surface area contributed by atoms with E-state index in [1.54, 1.807) is 0 Å². The minimum absolute atomic E-state index is 0. The van der Waals surface area contributed by atoms with Crippen molar-refractivity contribution in [3.05, 3.63) is 0 Å². The molecule has 0 unspecified atom stereocenters. The fraction of sp³-hybridized carbons (Fsp3) is 0. The van der Waals surface area contributed by atoms with Gasteiger partial charge in [0, 0.05) is 0 Å². The van der Waals surface area contributed by atoms with E-state index in [4.69, 9.17) is 54.7 Å². The molecular formula is H5GaO16S3. The minimum atomic E-state index is -4.86. The van der Waals surface area contributed by atoms with Crippen molar-refractivity contribution in [1.82, 2.24) is 0 Å². The molecule has 0 aromatic rings. The molecule has 122 valence electrons. The standard InChI is InChI=1S/Ga.3H2O5S.H2O/c;3*1-5-6(2,3)4;/h;3*1H,(H,2,3,4);1H2/q+3;;;;/p-3. The van der Waals surface area contributed by atoms with E-state index in [1.807, 2.05) is 0 Å². The molecule has 0 rings (SSSR count). The maximum absolute atomic E-state index is 8.97. The quantitative estimate of drug-likeness (QED) is 0.126. The minimum Gasteiger partial charge on any atom is -0.724 e. The van der Waals surface area contributed by atoms with E-state index in [9.17, 15) is 0 Å². The van der Waals surface area contributed by atoms with E-state index < -0.39 is 31.2 Å². The normalized spacial score (nSPS) is 10.5. The van der Waals surface area contributed by atoms with Crippen molar-refractivity contribution < 1.29 is 73.2 Å². The van der Waals surface area contributed by atoms with Gasteiger partial charge in [0.25, 0.3) is 0 Å². The molecular weight excluding hydrogens is 422 g/mol. The first-order valence-corrected chi connectivity index (χ1v) is 6.55. The molecule has 0 radical (unpaired) electrons. The van der Waals surface area contributed by atoms with Crippen LogP contribution in [0.4, 0.5) is 0 Å². The molecule has 0 atom stereocenters. The molecule has 0 bridgehead atoms. The predicted molar refractivity (Wildman–Crippen MR) is 49.6 cm³/mol. The van der Waals surface area contributed by atoms with Crippen molar-refractivity contribution >= 4 is 51.0 Å². The third-order valence-electron chi connectivity index (χ3n) is 0.274. The van der Waals surface area contributed by atoms with E-state index in [-0.39, 0.29) is 25.3 Å². The van der Waals surface area contributed by atoms with Gasteiger partial charge in [0.15, 0.2) is 0 Å². The first-order chi connectivity index (χ1) is 7.68. The summed E-state index contributed by atoms with van der Waals surface area (Å²) in [5.41, 5.74) is 0. The second-order valence-corrected chi connectivity index (χ2v) is 4.35. The molecule has 20 heavy (non-hydrogen) atoms. The van der Waals surface area contributed by atoms with Crippen LogP contribution in [0.2, 0.25) is 0 Å². The van der Waals surface area contributed by atoms with Crippen molar-refractivity contribution in [1.29, 1.82) is 0 Å². The zero-order chi connectivity index (χ0) is 15.6. The average molecular weight is 427 g/mol. The molecule has 0 spiro atoms. The number of rotatable bonds is 3. The Bertz CT molecular complexity index is 400. The van der Waals surface area contributed by atoms with Crippen molar-refractivity contribution in [2.45, 2.75) is 0 Å². The molecule has 0 fully saturated rings. The second-order valence-electron chi connectivity index (χ2n) is 1.45. The summed E-state index contributed by atoms with van der Waals surface area (Å²) in [7, 11) is -14.6. The monoisotopic (exact) mass is 426 g/mol. The van der Waals surface area contributed by atoms with Crippen LogP contribution in [0.3, 0.4) is 0 Å². The number of hydrogen-bond acceptors (Lipinski definition) is 15. The van der Waals surface area contributed by atoms with Gasteiger partial charge in [-0.1, -0.05) is 0 Å². The Labute approximate surface area is 124 Å². The summed E-state index contributed by atoms with van der Waals surface area (Å²) in [4.78, 5) is 0. The van der Waals surface area contributed by atoms with Gasteiger partial charge in [0.2, 0.25) is 31.2 Å². The van der Waals surface area contributed by atoms with Crippen LogP contribution in [-0.2, 0) is 44.2 Å². The van der Waals surface area contributed by atoms with Gasteiger partial charge in [0.05, 0.1) is 0 Å². The molecule has 0 aromatic heterocycles. The van der Waals surface area contributed by atoms with Gasteiger partial charge >= 0.3 is 19.8 Å². The Kier molecular flexibility index (Phi) is 22.6. The Morgan fingerprint density at radius 1 is 0.600 bits per heavy atom. The van der Waals surface area contributed by atoms with Crippen LogP contribution in [-0.4, -0.2) is 79.9 Å². The van der Waals surface area contributed by atoms with Crippen LogP contribution in [0.15, 0.2) is 0 Å². The summed E-state index contributed by atoms with van der Waals surface area (Å²) in [6, 6.07) is 0. The average Bonchev–Trinajstić information content (AvgIpc) is 2.16. The van der Waals surface area contributed by atoms with E-state index in [1.165, 1.54) is 0 Å². The van der Waals surface area contributed by atoms with Crippen LogP contribution < -0.4 is 0 Å². The Balaban J connectivity index is -0.0000000536. The third kappa shape index (κ3) is 64.0. The molecule has 5 N–H and O–H groups in total. The van der Waals surface area contributed by atoms with Crippen LogP contribution in [0, 0.1) is 0 Å². The van der Waals surface area contributed by atoms with Gasteiger partial charge in [-0.3, -0.25) is 0 Å². The molecule has 0 aromatic carbocycles. The molecule has 0 aliphatic carbocycles. The molecule has 20 heteroatoms. The van der Waals surface area contributed by atoms with Crippen LogP contribution in [0.5, 0.6) is 0 Å². The molecule has 16 nitrogen and oxygen atoms in total.